The van der Waals surface area contributed by atoms with Gasteiger partial charge >= 0.3 is 0 Å². The number of nitrogens with one attached hydrogen (secondary N) is 3. The van der Waals surface area contributed by atoms with Gasteiger partial charge in [-0.3, -0.25) is 5.41 Å². The first-order chi connectivity index (χ1) is 4.79. The molecule has 0 aromatic rings. The van der Waals surface area contributed by atoms with Gasteiger partial charge in [0, 0.05) is 12.6 Å². The van der Waals surface area contributed by atoms with Crippen LogP contribution in [0.15, 0.2) is 0 Å². The lowest BCUT2D eigenvalue weighted by molar-refractivity contribution is 0.430. The average molecular weight is 142 g/mol. The maximum absolute atomic E-state index is 6.97. The van der Waals surface area contributed by atoms with E-state index in [-0.39, 0.29) is 5.96 Å². The van der Waals surface area contributed by atoms with Crippen molar-refractivity contribution in [3.05, 3.63) is 0 Å². The first kappa shape index (κ1) is 7.34. The molecule has 0 spiro atoms. The Kier molecular flexibility index (Phi) is 2.50. The van der Waals surface area contributed by atoms with Crippen LogP contribution in [0.5, 0.6) is 0 Å². The summed E-state index contributed by atoms with van der Waals surface area (Å²) in [5.74, 6) is 0.0775. The summed E-state index contributed by atoms with van der Waals surface area (Å²) in [4.78, 5) is 0. The molecule has 0 radical (unpaired) electrons. The summed E-state index contributed by atoms with van der Waals surface area (Å²) in [6.45, 7) is 2.02. The van der Waals surface area contributed by atoms with Gasteiger partial charge < -0.3 is 16.4 Å². The van der Waals surface area contributed by atoms with Crippen LogP contribution < -0.4 is 16.4 Å². The molecule has 58 valence electrons. The zero-order chi connectivity index (χ0) is 7.40. The molecule has 1 heterocycles. The van der Waals surface area contributed by atoms with Crippen molar-refractivity contribution >= 4 is 5.96 Å². The van der Waals surface area contributed by atoms with E-state index >= 15 is 0 Å². The van der Waals surface area contributed by atoms with Gasteiger partial charge in [-0.15, -0.1) is 0 Å². The van der Waals surface area contributed by atoms with E-state index < -0.39 is 0 Å². The standard InChI is InChI=1S/C6H14N4/c7-6(8)10-5-2-1-3-9-4-5/h5,9H,1-4H2,(H4,7,8,10)/t5-/m0/s1. The second-order valence-electron chi connectivity index (χ2n) is 2.60. The van der Waals surface area contributed by atoms with Crippen LogP contribution >= 0.6 is 0 Å². The fourth-order valence-corrected chi connectivity index (χ4v) is 1.19. The summed E-state index contributed by atoms with van der Waals surface area (Å²) in [6, 6.07) is 0.367. The summed E-state index contributed by atoms with van der Waals surface area (Å²) >= 11 is 0. The van der Waals surface area contributed by atoms with Crippen LogP contribution in [-0.4, -0.2) is 25.1 Å². The molecule has 5 N–H and O–H groups in total. The SMILES string of the molecule is N=C(N)N[C@H]1CCCNC1. The molecule has 1 fully saturated rings. The Bertz CT molecular complexity index is 117. The van der Waals surface area contributed by atoms with Crippen LogP contribution in [0.4, 0.5) is 0 Å². The fourth-order valence-electron chi connectivity index (χ4n) is 1.19. The van der Waals surface area contributed by atoms with E-state index in [1.807, 2.05) is 0 Å². The highest BCUT2D eigenvalue weighted by molar-refractivity contribution is 5.74. The van der Waals surface area contributed by atoms with Gasteiger partial charge in [-0.2, -0.15) is 0 Å². The summed E-state index contributed by atoms with van der Waals surface area (Å²) in [7, 11) is 0. The van der Waals surface area contributed by atoms with Crippen LogP contribution in [0.1, 0.15) is 12.8 Å². The van der Waals surface area contributed by atoms with Crippen LogP contribution in [0.3, 0.4) is 0 Å². The monoisotopic (exact) mass is 142 g/mol. The fraction of sp³-hybridized carbons (Fsp3) is 0.833. The molecular weight excluding hydrogens is 128 g/mol. The first-order valence-electron chi connectivity index (χ1n) is 3.60. The maximum Gasteiger partial charge on any atom is 0.185 e. The third-order valence-electron chi connectivity index (χ3n) is 1.66. The molecule has 1 saturated heterocycles. The normalized spacial score (nSPS) is 25.8. The van der Waals surface area contributed by atoms with Gasteiger partial charge in [0.05, 0.1) is 0 Å². The lowest BCUT2D eigenvalue weighted by Crippen LogP contribution is -2.47. The van der Waals surface area contributed by atoms with Gasteiger partial charge in [-0.25, -0.2) is 0 Å². The predicted octanol–water partition coefficient (Wildman–Crippen LogP) is -0.779. The molecule has 0 bridgehead atoms. The summed E-state index contributed by atoms with van der Waals surface area (Å²) in [6.07, 6.45) is 2.29. The number of hydrogen-bond donors (Lipinski definition) is 4. The summed E-state index contributed by atoms with van der Waals surface area (Å²) in [5.41, 5.74) is 5.17. The van der Waals surface area contributed by atoms with Gasteiger partial charge in [0.1, 0.15) is 0 Å². The second-order valence-corrected chi connectivity index (χ2v) is 2.60. The third kappa shape index (κ3) is 2.23. The Morgan fingerprint density at radius 1 is 1.70 bits per heavy atom. The maximum atomic E-state index is 6.97. The van der Waals surface area contributed by atoms with Gasteiger partial charge in [0.2, 0.25) is 0 Å². The quantitative estimate of drug-likeness (QED) is 0.287. The van der Waals surface area contributed by atoms with Crippen molar-refractivity contribution in [2.24, 2.45) is 5.73 Å². The van der Waals surface area contributed by atoms with Crippen LogP contribution in [0, 0.1) is 5.41 Å². The van der Waals surface area contributed by atoms with Crippen molar-refractivity contribution in [1.82, 2.24) is 10.6 Å². The Balaban J connectivity index is 2.19. The highest BCUT2D eigenvalue weighted by atomic mass is 15.1. The molecule has 4 heteroatoms. The van der Waals surface area contributed by atoms with E-state index in [4.69, 9.17) is 11.1 Å². The molecule has 1 aliphatic rings. The molecule has 1 aliphatic heterocycles. The first-order valence-corrected chi connectivity index (χ1v) is 3.60. The molecule has 0 aliphatic carbocycles. The van der Waals surface area contributed by atoms with Crippen molar-refractivity contribution in [3.63, 3.8) is 0 Å². The topological polar surface area (TPSA) is 73.9 Å². The molecule has 1 rings (SSSR count). The van der Waals surface area contributed by atoms with Crippen molar-refractivity contribution < 1.29 is 0 Å². The van der Waals surface area contributed by atoms with E-state index in [0.717, 1.165) is 19.5 Å². The van der Waals surface area contributed by atoms with Gasteiger partial charge in [0.15, 0.2) is 5.96 Å². The molecule has 1 atom stereocenters. The van der Waals surface area contributed by atoms with Gasteiger partial charge in [-0.05, 0) is 19.4 Å². The Hall–Kier alpha value is -0.770. The van der Waals surface area contributed by atoms with Crippen LogP contribution in [0.2, 0.25) is 0 Å². The lowest BCUT2D eigenvalue weighted by atomic mass is 10.1. The van der Waals surface area contributed by atoms with Gasteiger partial charge in [-0.1, -0.05) is 0 Å². The van der Waals surface area contributed by atoms with Gasteiger partial charge in [0.25, 0.3) is 0 Å². The van der Waals surface area contributed by atoms with Crippen LogP contribution in [-0.2, 0) is 0 Å². The summed E-state index contributed by atoms with van der Waals surface area (Å²) in [5, 5.41) is 13.1. The minimum atomic E-state index is 0.0775. The Labute approximate surface area is 60.7 Å². The molecular formula is C6H14N4. The number of guanidine groups is 1. The highest BCUT2D eigenvalue weighted by Crippen LogP contribution is 1.99. The molecule has 4 nitrogen and oxygen atoms in total. The molecule has 0 aromatic heterocycles. The number of hydrogen-bond acceptors (Lipinski definition) is 2. The minimum absolute atomic E-state index is 0.0775. The molecule has 0 saturated carbocycles. The zero-order valence-electron chi connectivity index (χ0n) is 5.98. The van der Waals surface area contributed by atoms with Crippen molar-refractivity contribution in [2.75, 3.05) is 13.1 Å². The van der Waals surface area contributed by atoms with Crippen molar-refractivity contribution in [1.29, 1.82) is 5.41 Å². The van der Waals surface area contributed by atoms with Crippen LogP contribution in [0.25, 0.3) is 0 Å². The van der Waals surface area contributed by atoms with E-state index in [1.165, 1.54) is 6.42 Å². The largest absolute Gasteiger partial charge is 0.370 e. The molecule has 0 amide bonds. The van der Waals surface area contributed by atoms with E-state index in [2.05, 4.69) is 10.6 Å². The summed E-state index contributed by atoms with van der Waals surface area (Å²) < 4.78 is 0. The van der Waals surface area contributed by atoms with E-state index in [0.29, 0.717) is 6.04 Å². The number of nitrogens with two attached hydrogens (primary N) is 1. The second kappa shape index (κ2) is 3.41. The lowest BCUT2D eigenvalue weighted by Gasteiger charge is -2.23. The zero-order valence-corrected chi connectivity index (χ0v) is 5.98. The molecule has 0 aromatic carbocycles. The van der Waals surface area contributed by atoms with Crippen molar-refractivity contribution in [2.45, 2.75) is 18.9 Å². The third-order valence-corrected chi connectivity index (χ3v) is 1.66. The Morgan fingerprint density at radius 3 is 3.00 bits per heavy atom. The minimum Gasteiger partial charge on any atom is -0.370 e. The van der Waals surface area contributed by atoms with Crippen molar-refractivity contribution in [3.8, 4) is 0 Å². The van der Waals surface area contributed by atoms with E-state index in [1.54, 1.807) is 0 Å². The predicted molar refractivity (Wildman–Crippen MR) is 40.9 cm³/mol. The highest BCUT2D eigenvalue weighted by Gasteiger charge is 2.11. The molecule has 0 unspecified atom stereocenters. The average Bonchev–Trinajstić information content (AvgIpc) is 1.88. The van der Waals surface area contributed by atoms with E-state index in [9.17, 15) is 0 Å². The smallest absolute Gasteiger partial charge is 0.185 e. The Morgan fingerprint density at radius 2 is 2.50 bits per heavy atom. The molecule has 10 heavy (non-hydrogen) atoms. The number of rotatable bonds is 1. The number of piperidine rings is 1.